The average molecular weight is 315 g/mol. The van der Waals surface area contributed by atoms with Crippen molar-refractivity contribution >= 4 is 17.6 Å². The van der Waals surface area contributed by atoms with E-state index in [2.05, 4.69) is 5.32 Å². The molecule has 1 saturated heterocycles. The number of likely N-dealkylation sites (tertiary alicyclic amines) is 1. The molecule has 0 atom stereocenters. The summed E-state index contributed by atoms with van der Waals surface area (Å²) in [6.45, 7) is 0.778. The molecule has 0 bridgehead atoms. The van der Waals surface area contributed by atoms with Crippen LogP contribution in [0.1, 0.15) is 18.4 Å². The maximum atomic E-state index is 12.4. The summed E-state index contributed by atoms with van der Waals surface area (Å²) in [7, 11) is 0. The second kappa shape index (κ2) is 6.25. The Morgan fingerprint density at radius 3 is 2.14 bits per heavy atom. The Bertz CT molecular complexity index is 549. The summed E-state index contributed by atoms with van der Waals surface area (Å²) in [6.07, 6.45) is -3.41. The molecule has 1 fully saturated rings. The number of primary amides is 1. The van der Waals surface area contributed by atoms with Crippen LogP contribution in [0.4, 0.5) is 23.7 Å². The molecule has 3 amide bonds. The maximum Gasteiger partial charge on any atom is 0.416 e. The van der Waals surface area contributed by atoms with E-state index in [1.807, 2.05) is 0 Å². The highest BCUT2D eigenvalue weighted by atomic mass is 19.4. The molecule has 0 unspecified atom stereocenters. The fourth-order valence-corrected chi connectivity index (χ4v) is 2.31. The van der Waals surface area contributed by atoms with Crippen molar-refractivity contribution in [2.75, 3.05) is 18.4 Å². The van der Waals surface area contributed by atoms with E-state index in [0.717, 1.165) is 12.1 Å². The summed E-state index contributed by atoms with van der Waals surface area (Å²) < 4.78 is 37.3. The molecule has 3 N–H and O–H groups in total. The summed E-state index contributed by atoms with van der Waals surface area (Å²) in [5, 5.41) is 2.54. The first kappa shape index (κ1) is 16.1. The maximum absolute atomic E-state index is 12.4. The van der Waals surface area contributed by atoms with Crippen molar-refractivity contribution in [3.8, 4) is 0 Å². The number of rotatable bonds is 2. The quantitative estimate of drug-likeness (QED) is 0.879. The van der Waals surface area contributed by atoms with Crippen LogP contribution in [0, 0.1) is 5.92 Å². The molecule has 1 aromatic carbocycles. The van der Waals surface area contributed by atoms with Gasteiger partial charge < -0.3 is 16.0 Å². The number of hydrogen-bond donors (Lipinski definition) is 2. The number of nitrogens with two attached hydrogens (primary N) is 1. The van der Waals surface area contributed by atoms with Gasteiger partial charge in [-0.1, -0.05) is 0 Å². The standard InChI is InChI=1S/C14H16F3N3O2/c15-14(16,17)10-1-3-11(4-2-10)19-13(22)20-7-5-9(6-8-20)12(18)21/h1-4,9H,5-8H2,(H2,18,21)(H,19,22). The zero-order chi connectivity index (χ0) is 16.3. The lowest BCUT2D eigenvalue weighted by Gasteiger charge is -2.30. The molecule has 0 saturated carbocycles. The highest BCUT2D eigenvalue weighted by Crippen LogP contribution is 2.29. The predicted molar refractivity (Wildman–Crippen MR) is 74.0 cm³/mol. The molecule has 1 aliphatic rings. The number of piperidine rings is 1. The van der Waals surface area contributed by atoms with Gasteiger partial charge in [0.15, 0.2) is 0 Å². The Morgan fingerprint density at radius 2 is 1.68 bits per heavy atom. The van der Waals surface area contributed by atoms with Crippen molar-refractivity contribution in [1.29, 1.82) is 0 Å². The molecule has 5 nitrogen and oxygen atoms in total. The zero-order valence-electron chi connectivity index (χ0n) is 11.7. The summed E-state index contributed by atoms with van der Waals surface area (Å²) >= 11 is 0. The summed E-state index contributed by atoms with van der Waals surface area (Å²) in [5.74, 6) is -0.599. The van der Waals surface area contributed by atoms with Gasteiger partial charge in [-0.05, 0) is 37.1 Å². The van der Waals surface area contributed by atoms with Gasteiger partial charge >= 0.3 is 12.2 Å². The van der Waals surface area contributed by atoms with E-state index in [0.29, 0.717) is 25.9 Å². The van der Waals surface area contributed by atoms with Crippen LogP contribution in [0.2, 0.25) is 0 Å². The van der Waals surface area contributed by atoms with Crippen LogP contribution in [0.3, 0.4) is 0 Å². The zero-order valence-corrected chi connectivity index (χ0v) is 11.7. The Morgan fingerprint density at radius 1 is 1.14 bits per heavy atom. The topological polar surface area (TPSA) is 75.4 Å². The first-order chi connectivity index (χ1) is 10.3. The molecule has 1 heterocycles. The fraction of sp³-hybridized carbons (Fsp3) is 0.429. The molecule has 0 radical (unpaired) electrons. The molecule has 0 spiro atoms. The summed E-state index contributed by atoms with van der Waals surface area (Å²) in [5.41, 5.74) is 4.73. The molecule has 1 aliphatic heterocycles. The van der Waals surface area contributed by atoms with Crippen LogP contribution in [-0.2, 0) is 11.0 Å². The van der Waals surface area contributed by atoms with E-state index < -0.39 is 17.8 Å². The molecular formula is C14H16F3N3O2. The molecule has 120 valence electrons. The van der Waals surface area contributed by atoms with Crippen molar-refractivity contribution in [3.63, 3.8) is 0 Å². The number of amides is 3. The molecule has 0 aromatic heterocycles. The fourth-order valence-electron chi connectivity index (χ4n) is 2.31. The molecule has 0 aliphatic carbocycles. The third-order valence-electron chi connectivity index (χ3n) is 3.65. The minimum atomic E-state index is -4.40. The van der Waals surface area contributed by atoms with Crippen molar-refractivity contribution in [2.24, 2.45) is 11.7 Å². The number of halogens is 3. The minimum absolute atomic E-state index is 0.227. The van der Waals surface area contributed by atoms with Crippen molar-refractivity contribution in [3.05, 3.63) is 29.8 Å². The largest absolute Gasteiger partial charge is 0.416 e. The first-order valence-electron chi connectivity index (χ1n) is 6.80. The van der Waals surface area contributed by atoms with E-state index in [-0.39, 0.29) is 17.5 Å². The van der Waals surface area contributed by atoms with Gasteiger partial charge in [-0.15, -0.1) is 0 Å². The number of nitrogens with zero attached hydrogens (tertiary/aromatic N) is 1. The van der Waals surface area contributed by atoms with E-state index in [1.54, 1.807) is 0 Å². The summed E-state index contributed by atoms with van der Waals surface area (Å²) in [4.78, 5) is 24.6. The highest BCUT2D eigenvalue weighted by molar-refractivity contribution is 5.89. The first-order valence-corrected chi connectivity index (χ1v) is 6.80. The molecular weight excluding hydrogens is 299 g/mol. The lowest BCUT2D eigenvalue weighted by atomic mass is 9.96. The smallest absolute Gasteiger partial charge is 0.369 e. The molecule has 1 aromatic rings. The Labute approximate surface area is 125 Å². The lowest BCUT2D eigenvalue weighted by molar-refractivity contribution is -0.137. The Balaban J connectivity index is 1.91. The van der Waals surface area contributed by atoms with Gasteiger partial charge in [0.05, 0.1) is 5.56 Å². The van der Waals surface area contributed by atoms with Crippen LogP contribution in [0.15, 0.2) is 24.3 Å². The lowest BCUT2D eigenvalue weighted by Crippen LogP contribution is -2.43. The third-order valence-corrected chi connectivity index (χ3v) is 3.65. The van der Waals surface area contributed by atoms with Crippen LogP contribution in [0.5, 0.6) is 0 Å². The van der Waals surface area contributed by atoms with Crippen molar-refractivity contribution in [2.45, 2.75) is 19.0 Å². The second-order valence-electron chi connectivity index (χ2n) is 5.17. The predicted octanol–water partition coefficient (Wildman–Crippen LogP) is 2.43. The Hall–Kier alpha value is -2.25. The average Bonchev–Trinajstić information content (AvgIpc) is 2.47. The van der Waals surface area contributed by atoms with Gasteiger partial charge in [0.1, 0.15) is 0 Å². The third kappa shape index (κ3) is 3.90. The number of alkyl halides is 3. The number of urea groups is 1. The normalized spacial score (nSPS) is 16.4. The SMILES string of the molecule is NC(=O)C1CCN(C(=O)Nc2ccc(C(F)(F)F)cc2)CC1. The van der Waals surface area contributed by atoms with Gasteiger partial charge in [0.25, 0.3) is 0 Å². The highest BCUT2D eigenvalue weighted by Gasteiger charge is 2.30. The van der Waals surface area contributed by atoms with E-state index in [1.165, 1.54) is 17.0 Å². The second-order valence-corrected chi connectivity index (χ2v) is 5.17. The van der Waals surface area contributed by atoms with Gasteiger partial charge in [-0.25, -0.2) is 4.79 Å². The van der Waals surface area contributed by atoms with Gasteiger partial charge in [0.2, 0.25) is 5.91 Å². The minimum Gasteiger partial charge on any atom is -0.369 e. The van der Waals surface area contributed by atoms with Crippen molar-refractivity contribution < 1.29 is 22.8 Å². The van der Waals surface area contributed by atoms with Crippen LogP contribution >= 0.6 is 0 Å². The van der Waals surface area contributed by atoms with Gasteiger partial charge in [-0.2, -0.15) is 13.2 Å². The molecule has 8 heteroatoms. The van der Waals surface area contributed by atoms with E-state index >= 15 is 0 Å². The van der Waals surface area contributed by atoms with Gasteiger partial charge in [0, 0.05) is 24.7 Å². The number of carbonyl (C=O) groups excluding carboxylic acids is 2. The van der Waals surface area contributed by atoms with Gasteiger partial charge in [-0.3, -0.25) is 4.79 Å². The number of benzene rings is 1. The number of anilines is 1. The number of hydrogen-bond acceptors (Lipinski definition) is 2. The number of carbonyl (C=O) groups is 2. The van der Waals surface area contributed by atoms with Crippen molar-refractivity contribution in [1.82, 2.24) is 4.90 Å². The van der Waals surface area contributed by atoms with E-state index in [4.69, 9.17) is 5.73 Å². The molecule has 22 heavy (non-hydrogen) atoms. The monoisotopic (exact) mass is 315 g/mol. The van der Waals surface area contributed by atoms with Crippen LogP contribution in [0.25, 0.3) is 0 Å². The Kier molecular flexibility index (Phi) is 4.58. The van der Waals surface area contributed by atoms with Crippen LogP contribution in [-0.4, -0.2) is 29.9 Å². The number of nitrogens with one attached hydrogen (secondary N) is 1. The van der Waals surface area contributed by atoms with E-state index in [9.17, 15) is 22.8 Å². The molecule has 2 rings (SSSR count). The summed E-state index contributed by atoms with van der Waals surface area (Å²) in [6, 6.07) is 3.83. The van der Waals surface area contributed by atoms with Crippen LogP contribution < -0.4 is 11.1 Å².